The molecule has 1 nitrogen and oxygen atoms in total. The van der Waals surface area contributed by atoms with Gasteiger partial charge in [0.2, 0.25) is 0 Å². The molecular formula is C22H38O. The van der Waals surface area contributed by atoms with E-state index < -0.39 is 0 Å². The van der Waals surface area contributed by atoms with Crippen LogP contribution in [-0.4, -0.2) is 5.11 Å². The van der Waals surface area contributed by atoms with Crippen LogP contribution in [0.3, 0.4) is 0 Å². The predicted molar refractivity (Wildman–Crippen MR) is 102 cm³/mol. The van der Waals surface area contributed by atoms with Gasteiger partial charge in [0.05, 0.1) is 6.10 Å². The molecule has 1 rings (SSSR count). The molecule has 0 spiro atoms. The molecule has 1 aromatic carbocycles. The lowest BCUT2D eigenvalue weighted by molar-refractivity contribution is 0.163. The van der Waals surface area contributed by atoms with Gasteiger partial charge in [-0.25, -0.2) is 0 Å². The van der Waals surface area contributed by atoms with Gasteiger partial charge in [-0.05, 0) is 12.0 Å². The smallest absolute Gasteiger partial charge is 0.0790 e. The second-order valence-electron chi connectivity index (χ2n) is 6.96. The maximum Gasteiger partial charge on any atom is 0.0790 e. The van der Waals surface area contributed by atoms with Gasteiger partial charge in [0.25, 0.3) is 0 Å². The first-order valence-electron chi connectivity index (χ1n) is 10.1. The summed E-state index contributed by atoms with van der Waals surface area (Å²) in [6, 6.07) is 10.0. The number of aliphatic hydroxyl groups is 1. The maximum absolute atomic E-state index is 10.1. The Labute approximate surface area is 144 Å². The van der Waals surface area contributed by atoms with Crippen LogP contribution in [0.25, 0.3) is 0 Å². The van der Waals surface area contributed by atoms with E-state index in [9.17, 15) is 5.11 Å². The van der Waals surface area contributed by atoms with Gasteiger partial charge in [-0.15, -0.1) is 0 Å². The molecule has 0 amide bonds. The van der Waals surface area contributed by atoms with Crippen molar-refractivity contribution in [2.24, 2.45) is 0 Å². The Morgan fingerprint density at radius 2 is 1.09 bits per heavy atom. The second kappa shape index (κ2) is 14.8. The minimum absolute atomic E-state index is 0.274. The Hall–Kier alpha value is -0.820. The van der Waals surface area contributed by atoms with Crippen molar-refractivity contribution in [3.8, 4) is 0 Å². The summed E-state index contributed by atoms with van der Waals surface area (Å²) < 4.78 is 0. The lowest BCUT2D eigenvalue weighted by atomic mass is 10.0. The molecule has 0 aromatic heterocycles. The minimum Gasteiger partial charge on any atom is -0.388 e. The van der Waals surface area contributed by atoms with Crippen molar-refractivity contribution < 1.29 is 5.11 Å². The molecule has 0 unspecified atom stereocenters. The molecule has 0 aliphatic carbocycles. The second-order valence-corrected chi connectivity index (χ2v) is 6.96. The first-order chi connectivity index (χ1) is 11.3. The van der Waals surface area contributed by atoms with Crippen molar-refractivity contribution in [1.82, 2.24) is 0 Å². The van der Waals surface area contributed by atoms with Crippen LogP contribution in [-0.2, 0) is 0 Å². The van der Waals surface area contributed by atoms with Gasteiger partial charge >= 0.3 is 0 Å². The Kier molecular flexibility index (Phi) is 13.0. The molecule has 1 aromatic rings. The minimum atomic E-state index is -0.274. The van der Waals surface area contributed by atoms with Crippen LogP contribution in [0.15, 0.2) is 30.3 Å². The highest BCUT2D eigenvalue weighted by Gasteiger charge is 2.05. The van der Waals surface area contributed by atoms with Gasteiger partial charge in [-0.3, -0.25) is 0 Å². The summed E-state index contributed by atoms with van der Waals surface area (Å²) in [6.45, 7) is 2.28. The van der Waals surface area contributed by atoms with Crippen molar-refractivity contribution in [3.05, 3.63) is 35.9 Å². The Bertz CT molecular complexity index is 346. The molecular weight excluding hydrogens is 280 g/mol. The molecule has 0 radical (unpaired) electrons. The van der Waals surface area contributed by atoms with Gasteiger partial charge in [0.1, 0.15) is 0 Å². The molecule has 0 heterocycles. The maximum atomic E-state index is 10.1. The van der Waals surface area contributed by atoms with E-state index in [-0.39, 0.29) is 6.10 Å². The molecule has 1 atom stereocenters. The number of benzene rings is 1. The largest absolute Gasteiger partial charge is 0.388 e. The van der Waals surface area contributed by atoms with E-state index >= 15 is 0 Å². The molecule has 1 heteroatoms. The fourth-order valence-corrected chi connectivity index (χ4v) is 3.20. The highest BCUT2D eigenvalue weighted by Crippen LogP contribution is 2.20. The van der Waals surface area contributed by atoms with E-state index in [0.717, 1.165) is 18.4 Å². The predicted octanol–water partition coefficient (Wildman–Crippen LogP) is 7.20. The van der Waals surface area contributed by atoms with Crippen LogP contribution >= 0.6 is 0 Å². The molecule has 23 heavy (non-hydrogen) atoms. The van der Waals surface area contributed by atoms with E-state index in [1.165, 1.54) is 77.0 Å². The summed E-state index contributed by atoms with van der Waals surface area (Å²) in [5.41, 5.74) is 1.06. The number of unbranched alkanes of at least 4 members (excludes halogenated alkanes) is 12. The number of hydrogen-bond acceptors (Lipinski definition) is 1. The van der Waals surface area contributed by atoms with Crippen LogP contribution in [0.4, 0.5) is 0 Å². The molecule has 0 saturated carbocycles. The van der Waals surface area contributed by atoms with Crippen molar-refractivity contribution in [2.45, 2.75) is 103 Å². The third-order valence-electron chi connectivity index (χ3n) is 4.77. The standard InChI is InChI=1S/C22H38O/c1-2-3-4-5-6-7-8-9-10-11-12-13-17-20-22(23)21-18-15-14-16-19-21/h14-16,18-19,22-23H,2-13,17,20H2,1H3/t22-/m1/s1. The van der Waals surface area contributed by atoms with Gasteiger partial charge in [0.15, 0.2) is 0 Å². The SMILES string of the molecule is CCCCCCCCCCCCCCC[C@@H](O)c1ccccc1. The fraction of sp³-hybridized carbons (Fsp3) is 0.727. The topological polar surface area (TPSA) is 20.2 Å². The lowest BCUT2D eigenvalue weighted by Gasteiger charge is -2.10. The lowest BCUT2D eigenvalue weighted by Crippen LogP contribution is -1.96. The number of rotatable bonds is 15. The highest BCUT2D eigenvalue weighted by atomic mass is 16.3. The van der Waals surface area contributed by atoms with Crippen molar-refractivity contribution in [1.29, 1.82) is 0 Å². The number of hydrogen-bond donors (Lipinski definition) is 1. The van der Waals surface area contributed by atoms with Crippen LogP contribution in [0, 0.1) is 0 Å². The summed E-state index contributed by atoms with van der Waals surface area (Å²) in [5, 5.41) is 10.1. The molecule has 0 aliphatic heterocycles. The monoisotopic (exact) mass is 318 g/mol. The Morgan fingerprint density at radius 3 is 1.57 bits per heavy atom. The molecule has 0 fully saturated rings. The first kappa shape index (κ1) is 20.2. The van der Waals surface area contributed by atoms with Gasteiger partial charge < -0.3 is 5.11 Å². The zero-order valence-electron chi connectivity index (χ0n) is 15.3. The zero-order chi connectivity index (χ0) is 16.6. The van der Waals surface area contributed by atoms with Gasteiger partial charge in [-0.2, -0.15) is 0 Å². The quantitative estimate of drug-likeness (QED) is 0.339. The summed E-state index contributed by atoms with van der Waals surface area (Å²) in [4.78, 5) is 0. The molecule has 0 aliphatic rings. The Balaban J connectivity index is 1.81. The Morgan fingerprint density at radius 1 is 0.652 bits per heavy atom. The van der Waals surface area contributed by atoms with Gasteiger partial charge in [-0.1, -0.05) is 121 Å². The fourth-order valence-electron chi connectivity index (χ4n) is 3.20. The third-order valence-corrected chi connectivity index (χ3v) is 4.77. The van der Waals surface area contributed by atoms with Crippen LogP contribution < -0.4 is 0 Å². The van der Waals surface area contributed by atoms with E-state index in [2.05, 4.69) is 6.92 Å². The molecule has 0 bridgehead atoms. The van der Waals surface area contributed by atoms with Gasteiger partial charge in [0, 0.05) is 0 Å². The van der Waals surface area contributed by atoms with Crippen molar-refractivity contribution >= 4 is 0 Å². The van der Waals surface area contributed by atoms with E-state index in [1.807, 2.05) is 30.3 Å². The summed E-state index contributed by atoms with van der Waals surface area (Å²) in [5.74, 6) is 0. The van der Waals surface area contributed by atoms with Crippen molar-refractivity contribution in [3.63, 3.8) is 0 Å². The average Bonchev–Trinajstić information content (AvgIpc) is 2.59. The molecule has 132 valence electrons. The average molecular weight is 319 g/mol. The van der Waals surface area contributed by atoms with Crippen LogP contribution in [0.2, 0.25) is 0 Å². The van der Waals surface area contributed by atoms with E-state index in [1.54, 1.807) is 0 Å². The van der Waals surface area contributed by atoms with Crippen molar-refractivity contribution in [2.75, 3.05) is 0 Å². The number of aliphatic hydroxyl groups excluding tert-OH is 1. The third kappa shape index (κ3) is 11.4. The van der Waals surface area contributed by atoms with Crippen LogP contribution in [0.1, 0.15) is 108 Å². The van der Waals surface area contributed by atoms with Crippen LogP contribution in [0.5, 0.6) is 0 Å². The normalized spacial score (nSPS) is 12.4. The highest BCUT2D eigenvalue weighted by molar-refractivity contribution is 5.16. The molecule has 1 N–H and O–H groups in total. The summed E-state index contributed by atoms with van der Waals surface area (Å²) in [7, 11) is 0. The first-order valence-corrected chi connectivity index (χ1v) is 10.1. The summed E-state index contributed by atoms with van der Waals surface area (Å²) >= 11 is 0. The zero-order valence-corrected chi connectivity index (χ0v) is 15.3. The summed E-state index contributed by atoms with van der Waals surface area (Å²) in [6.07, 6.45) is 18.5. The van der Waals surface area contributed by atoms with E-state index in [4.69, 9.17) is 0 Å². The molecule has 0 saturated heterocycles. The van der Waals surface area contributed by atoms with E-state index in [0.29, 0.717) is 0 Å².